The Bertz CT molecular complexity index is 148. The Morgan fingerprint density at radius 2 is 2.09 bits per heavy atom. The summed E-state index contributed by atoms with van der Waals surface area (Å²) in [6.07, 6.45) is 1.17. The second kappa shape index (κ2) is 2.73. The van der Waals surface area contributed by atoms with Gasteiger partial charge in [0.15, 0.2) is 0 Å². The van der Waals surface area contributed by atoms with E-state index in [2.05, 4.69) is 31.1 Å². The van der Waals surface area contributed by atoms with Crippen LogP contribution in [0.3, 0.4) is 0 Å². The summed E-state index contributed by atoms with van der Waals surface area (Å²) in [5.74, 6) is 0.229. The fourth-order valence-corrected chi connectivity index (χ4v) is 1.98. The Balaban J connectivity index is 2.78. The second-order valence-electron chi connectivity index (χ2n) is 3.67. The minimum atomic E-state index is -0.292. The van der Waals surface area contributed by atoms with E-state index >= 15 is 0 Å². The van der Waals surface area contributed by atoms with Gasteiger partial charge < -0.3 is 5.73 Å². The van der Waals surface area contributed by atoms with Crippen LogP contribution >= 0.6 is 0 Å². The van der Waals surface area contributed by atoms with E-state index in [1.807, 2.05) is 7.05 Å². The lowest BCUT2D eigenvalue weighted by atomic mass is 10.0. The molecule has 0 aromatic carbocycles. The quantitative estimate of drug-likeness (QED) is 0.533. The Labute approximate surface area is 68.9 Å². The van der Waals surface area contributed by atoms with Gasteiger partial charge in [0.05, 0.1) is 0 Å². The van der Waals surface area contributed by atoms with Crippen molar-refractivity contribution in [1.82, 2.24) is 10.2 Å². The van der Waals surface area contributed by atoms with Crippen LogP contribution in [-0.2, 0) is 0 Å². The van der Waals surface area contributed by atoms with Gasteiger partial charge in [-0.2, -0.15) is 0 Å². The van der Waals surface area contributed by atoms with Gasteiger partial charge in [-0.05, 0) is 27.4 Å². The molecule has 0 aromatic heterocycles. The van der Waals surface area contributed by atoms with E-state index in [4.69, 9.17) is 5.73 Å². The van der Waals surface area contributed by atoms with Crippen LogP contribution < -0.4 is 11.1 Å². The number of nitrogens with two attached hydrogens (primary N) is 1. The number of hydrogen-bond donors (Lipinski definition) is 2. The van der Waals surface area contributed by atoms with Crippen LogP contribution in [0.15, 0.2) is 0 Å². The van der Waals surface area contributed by atoms with Crippen LogP contribution in [0.1, 0.15) is 20.3 Å². The van der Waals surface area contributed by atoms with Crippen LogP contribution in [0.5, 0.6) is 0 Å². The van der Waals surface area contributed by atoms with Gasteiger partial charge in [-0.1, -0.05) is 6.92 Å². The zero-order valence-corrected chi connectivity index (χ0v) is 7.89. The Morgan fingerprint density at radius 1 is 1.55 bits per heavy atom. The molecule has 0 radical (unpaired) electrons. The van der Waals surface area contributed by atoms with Gasteiger partial charge in [0, 0.05) is 12.0 Å². The lowest BCUT2D eigenvalue weighted by molar-refractivity contribution is 0.0895. The first kappa shape index (κ1) is 8.97. The molecule has 0 spiro atoms. The maximum atomic E-state index is 6.15. The number of likely N-dealkylation sites (tertiary alicyclic amines) is 1. The third kappa shape index (κ3) is 1.17. The maximum Gasteiger partial charge on any atom is 0.125 e. The first-order valence-electron chi connectivity index (χ1n) is 4.23. The highest BCUT2D eigenvalue weighted by Crippen LogP contribution is 2.31. The highest BCUT2D eigenvalue weighted by atomic mass is 15.4. The molecule has 0 aliphatic carbocycles. The van der Waals surface area contributed by atoms with E-state index in [1.54, 1.807) is 0 Å². The molecule has 1 rings (SSSR count). The fraction of sp³-hybridized carbons (Fsp3) is 1.00. The third-order valence-electron chi connectivity index (χ3n) is 3.09. The molecule has 1 aliphatic heterocycles. The molecule has 2 unspecified atom stereocenters. The van der Waals surface area contributed by atoms with E-state index in [0.29, 0.717) is 12.0 Å². The molecule has 0 saturated carbocycles. The average molecular weight is 157 g/mol. The largest absolute Gasteiger partial charge is 0.301 e. The molecule has 3 N–H and O–H groups in total. The van der Waals surface area contributed by atoms with Crippen molar-refractivity contribution in [2.75, 3.05) is 14.1 Å². The molecule has 0 aromatic rings. The summed E-state index contributed by atoms with van der Waals surface area (Å²) in [5.41, 5.74) is 6.15. The molecule has 1 saturated heterocycles. The van der Waals surface area contributed by atoms with Crippen molar-refractivity contribution >= 4 is 0 Å². The van der Waals surface area contributed by atoms with Gasteiger partial charge in [-0.25, -0.2) is 0 Å². The zero-order chi connectivity index (χ0) is 8.65. The van der Waals surface area contributed by atoms with Crippen molar-refractivity contribution in [1.29, 1.82) is 0 Å². The predicted molar refractivity (Wildman–Crippen MR) is 47.0 cm³/mol. The number of nitrogens with one attached hydrogen (secondary N) is 1. The molecule has 1 fully saturated rings. The van der Waals surface area contributed by atoms with Crippen molar-refractivity contribution in [3.05, 3.63) is 0 Å². The maximum absolute atomic E-state index is 6.15. The van der Waals surface area contributed by atoms with Gasteiger partial charge in [-0.3, -0.25) is 10.2 Å². The molecule has 11 heavy (non-hydrogen) atoms. The van der Waals surface area contributed by atoms with Crippen LogP contribution in [0, 0.1) is 5.92 Å². The SMILES string of the molecule is CNC1(N)C(C)C[C@H](C)N1C. The molecule has 3 heteroatoms. The molecule has 66 valence electrons. The first-order chi connectivity index (χ1) is 5.02. The Kier molecular flexibility index (Phi) is 2.23. The first-order valence-corrected chi connectivity index (χ1v) is 4.23. The van der Waals surface area contributed by atoms with E-state index in [1.165, 1.54) is 6.42 Å². The molecular weight excluding hydrogens is 138 g/mol. The summed E-state index contributed by atoms with van der Waals surface area (Å²) in [7, 11) is 4.00. The lowest BCUT2D eigenvalue weighted by Crippen LogP contribution is -2.63. The highest BCUT2D eigenvalue weighted by molar-refractivity contribution is 4.94. The van der Waals surface area contributed by atoms with Gasteiger partial charge in [0.2, 0.25) is 0 Å². The summed E-state index contributed by atoms with van der Waals surface area (Å²) in [5, 5.41) is 3.17. The molecule has 3 nitrogen and oxygen atoms in total. The Morgan fingerprint density at radius 3 is 2.27 bits per heavy atom. The van der Waals surface area contributed by atoms with Gasteiger partial charge in [0.25, 0.3) is 0 Å². The van der Waals surface area contributed by atoms with Crippen LogP contribution in [0.2, 0.25) is 0 Å². The van der Waals surface area contributed by atoms with Crippen molar-refractivity contribution in [2.45, 2.75) is 32.1 Å². The monoisotopic (exact) mass is 157 g/mol. The van der Waals surface area contributed by atoms with E-state index in [9.17, 15) is 0 Å². The van der Waals surface area contributed by atoms with Gasteiger partial charge in [0.1, 0.15) is 5.79 Å². The Hall–Kier alpha value is -0.120. The number of rotatable bonds is 1. The lowest BCUT2D eigenvalue weighted by Gasteiger charge is -2.36. The third-order valence-corrected chi connectivity index (χ3v) is 3.09. The van der Waals surface area contributed by atoms with E-state index in [-0.39, 0.29) is 5.79 Å². The van der Waals surface area contributed by atoms with Gasteiger partial charge in [-0.15, -0.1) is 0 Å². The van der Waals surface area contributed by atoms with Crippen molar-refractivity contribution in [3.8, 4) is 0 Å². The van der Waals surface area contributed by atoms with Crippen LogP contribution in [0.4, 0.5) is 0 Å². The standard InChI is InChI=1S/C8H19N3/c1-6-5-7(2)11(4)8(6,9)10-3/h6-7,10H,5,9H2,1-4H3/t6?,7-,8?/m0/s1. The molecule has 1 aliphatic rings. The smallest absolute Gasteiger partial charge is 0.125 e. The van der Waals surface area contributed by atoms with Crippen molar-refractivity contribution < 1.29 is 0 Å². The summed E-state index contributed by atoms with van der Waals surface area (Å²) >= 11 is 0. The minimum Gasteiger partial charge on any atom is -0.301 e. The summed E-state index contributed by atoms with van der Waals surface area (Å²) in [6.45, 7) is 4.40. The number of nitrogens with zero attached hydrogens (tertiary/aromatic N) is 1. The van der Waals surface area contributed by atoms with Crippen molar-refractivity contribution in [3.63, 3.8) is 0 Å². The summed E-state index contributed by atoms with van der Waals surface area (Å²) in [4.78, 5) is 2.21. The van der Waals surface area contributed by atoms with Crippen LogP contribution in [0.25, 0.3) is 0 Å². The normalized spacial score (nSPS) is 46.6. The predicted octanol–water partition coefficient (Wildman–Crippen LogP) is 0.178. The molecular formula is C8H19N3. The topological polar surface area (TPSA) is 41.3 Å². The van der Waals surface area contributed by atoms with E-state index in [0.717, 1.165) is 0 Å². The fourth-order valence-electron chi connectivity index (χ4n) is 1.98. The van der Waals surface area contributed by atoms with Crippen LogP contribution in [-0.4, -0.2) is 30.8 Å². The molecule has 3 atom stereocenters. The summed E-state index contributed by atoms with van der Waals surface area (Å²) in [6, 6.07) is 0.586. The van der Waals surface area contributed by atoms with E-state index < -0.39 is 0 Å². The van der Waals surface area contributed by atoms with Gasteiger partial charge >= 0.3 is 0 Å². The molecule has 0 bridgehead atoms. The number of hydrogen-bond acceptors (Lipinski definition) is 3. The minimum absolute atomic E-state index is 0.292. The zero-order valence-electron chi connectivity index (χ0n) is 7.89. The van der Waals surface area contributed by atoms with Crippen molar-refractivity contribution in [2.24, 2.45) is 11.7 Å². The summed E-state index contributed by atoms with van der Waals surface area (Å²) < 4.78 is 0. The molecule has 1 heterocycles. The second-order valence-corrected chi connectivity index (χ2v) is 3.67. The molecule has 0 amide bonds. The highest BCUT2D eigenvalue weighted by Gasteiger charge is 2.43. The average Bonchev–Trinajstić information content (AvgIpc) is 2.16.